The zero-order valence-corrected chi connectivity index (χ0v) is 12.5. The lowest BCUT2D eigenvalue weighted by atomic mass is 10.2. The normalized spacial score (nSPS) is 16.8. The molecule has 2 N–H and O–H groups in total. The number of rotatable bonds is 3. The van der Waals surface area contributed by atoms with E-state index in [1.54, 1.807) is 6.20 Å². The molecule has 0 spiro atoms. The Morgan fingerprint density at radius 2 is 2.17 bits per heavy atom. The second kappa shape index (κ2) is 4.71. The van der Waals surface area contributed by atoms with Gasteiger partial charge < -0.3 is 10.3 Å². The molecular formula is C11H10Br2N4O. The van der Waals surface area contributed by atoms with Gasteiger partial charge in [-0.3, -0.25) is 4.98 Å². The Kier molecular flexibility index (Phi) is 3.21. The highest BCUT2D eigenvalue weighted by atomic mass is 79.9. The van der Waals surface area contributed by atoms with Gasteiger partial charge in [-0.2, -0.15) is 4.98 Å². The minimum atomic E-state index is -0.152. The molecule has 0 amide bonds. The minimum Gasteiger partial charge on any atom is -0.337 e. The van der Waals surface area contributed by atoms with Crippen LogP contribution in [-0.4, -0.2) is 15.1 Å². The van der Waals surface area contributed by atoms with Crippen molar-refractivity contribution in [3.63, 3.8) is 0 Å². The maximum atomic E-state index is 6.02. The van der Waals surface area contributed by atoms with Gasteiger partial charge in [-0.15, -0.1) is 0 Å². The number of pyridine rings is 1. The molecule has 2 aromatic rings. The monoisotopic (exact) mass is 372 g/mol. The van der Waals surface area contributed by atoms with Crippen molar-refractivity contribution >= 4 is 31.9 Å². The lowest BCUT2D eigenvalue weighted by Crippen LogP contribution is -2.12. The highest BCUT2D eigenvalue weighted by Gasteiger charge is 2.33. The van der Waals surface area contributed by atoms with Crippen molar-refractivity contribution < 1.29 is 4.52 Å². The largest absolute Gasteiger partial charge is 0.337 e. The van der Waals surface area contributed by atoms with Gasteiger partial charge >= 0.3 is 0 Å². The first kappa shape index (κ1) is 12.3. The van der Waals surface area contributed by atoms with E-state index in [4.69, 9.17) is 10.3 Å². The maximum Gasteiger partial charge on any atom is 0.244 e. The van der Waals surface area contributed by atoms with E-state index < -0.39 is 0 Å². The average molecular weight is 374 g/mol. The molecule has 0 saturated heterocycles. The fourth-order valence-electron chi connectivity index (χ4n) is 1.70. The van der Waals surface area contributed by atoms with Gasteiger partial charge in [0.25, 0.3) is 0 Å². The molecule has 3 rings (SSSR count). The van der Waals surface area contributed by atoms with Gasteiger partial charge in [0.05, 0.1) is 6.04 Å². The number of aromatic nitrogens is 3. The van der Waals surface area contributed by atoms with Gasteiger partial charge in [0.1, 0.15) is 5.69 Å². The summed E-state index contributed by atoms with van der Waals surface area (Å²) in [5.74, 6) is 1.43. The molecule has 94 valence electrons. The first-order chi connectivity index (χ1) is 8.65. The standard InChI is InChI=1S/C11H10Br2N4O/c12-6-3-7(13)9(15-4-6)10-16-11(18-17-10)8(14)5-1-2-5/h3-5,8H,1-2,14H2. The molecule has 1 aliphatic rings. The van der Waals surface area contributed by atoms with Gasteiger partial charge in [0.15, 0.2) is 0 Å². The molecule has 0 radical (unpaired) electrons. The molecule has 0 bridgehead atoms. The lowest BCUT2D eigenvalue weighted by Gasteiger charge is -2.01. The van der Waals surface area contributed by atoms with Crippen LogP contribution in [0.1, 0.15) is 24.8 Å². The third-order valence-electron chi connectivity index (χ3n) is 2.88. The lowest BCUT2D eigenvalue weighted by molar-refractivity contribution is 0.343. The molecule has 18 heavy (non-hydrogen) atoms. The molecule has 2 aromatic heterocycles. The first-order valence-electron chi connectivity index (χ1n) is 5.56. The summed E-state index contributed by atoms with van der Waals surface area (Å²) in [6, 6.07) is 1.74. The van der Waals surface area contributed by atoms with E-state index in [1.807, 2.05) is 6.07 Å². The molecule has 0 aromatic carbocycles. The van der Waals surface area contributed by atoms with Crippen molar-refractivity contribution in [2.75, 3.05) is 0 Å². The summed E-state index contributed by atoms with van der Waals surface area (Å²) >= 11 is 6.77. The fourth-order valence-corrected chi connectivity index (χ4v) is 2.87. The van der Waals surface area contributed by atoms with Crippen molar-refractivity contribution in [1.82, 2.24) is 15.1 Å². The second-order valence-corrected chi connectivity index (χ2v) is 6.07. The van der Waals surface area contributed by atoms with Crippen molar-refractivity contribution in [2.45, 2.75) is 18.9 Å². The number of hydrogen-bond acceptors (Lipinski definition) is 5. The van der Waals surface area contributed by atoms with Crippen LogP contribution < -0.4 is 5.73 Å². The van der Waals surface area contributed by atoms with Crippen molar-refractivity contribution in [2.24, 2.45) is 11.7 Å². The van der Waals surface area contributed by atoms with Crippen molar-refractivity contribution in [3.05, 3.63) is 27.1 Å². The number of nitrogens with two attached hydrogens (primary N) is 1. The molecule has 1 unspecified atom stereocenters. The Hall–Kier alpha value is -0.790. The maximum absolute atomic E-state index is 6.02. The van der Waals surface area contributed by atoms with Crippen LogP contribution in [0.3, 0.4) is 0 Å². The number of nitrogens with zero attached hydrogens (tertiary/aromatic N) is 3. The summed E-state index contributed by atoms with van der Waals surface area (Å²) in [6.07, 6.45) is 3.97. The number of hydrogen-bond donors (Lipinski definition) is 1. The summed E-state index contributed by atoms with van der Waals surface area (Å²) in [4.78, 5) is 8.58. The van der Waals surface area contributed by atoms with Crippen molar-refractivity contribution in [1.29, 1.82) is 0 Å². The molecule has 1 atom stereocenters. The van der Waals surface area contributed by atoms with E-state index in [1.165, 1.54) is 0 Å². The van der Waals surface area contributed by atoms with Crippen LogP contribution in [0, 0.1) is 5.92 Å². The van der Waals surface area contributed by atoms with Gasteiger partial charge in [-0.25, -0.2) is 0 Å². The van der Waals surface area contributed by atoms with E-state index in [2.05, 4.69) is 47.0 Å². The summed E-state index contributed by atoms with van der Waals surface area (Å²) < 4.78 is 6.90. The van der Waals surface area contributed by atoms with E-state index in [0.29, 0.717) is 23.3 Å². The van der Waals surface area contributed by atoms with E-state index in [9.17, 15) is 0 Å². The Labute approximate surface area is 120 Å². The van der Waals surface area contributed by atoms with Crippen LogP contribution >= 0.6 is 31.9 Å². The third-order valence-corrected chi connectivity index (χ3v) is 3.91. The molecule has 1 aliphatic carbocycles. The zero-order valence-electron chi connectivity index (χ0n) is 9.31. The van der Waals surface area contributed by atoms with E-state index in [0.717, 1.165) is 21.8 Å². The predicted octanol–water partition coefficient (Wildman–Crippen LogP) is 3.07. The minimum absolute atomic E-state index is 0.152. The smallest absolute Gasteiger partial charge is 0.244 e. The number of halogens is 2. The summed E-state index contributed by atoms with van der Waals surface area (Å²) in [5.41, 5.74) is 6.67. The molecule has 5 nitrogen and oxygen atoms in total. The molecule has 2 heterocycles. The molecule has 1 fully saturated rings. The zero-order chi connectivity index (χ0) is 12.7. The molecule has 7 heteroatoms. The summed E-state index contributed by atoms with van der Waals surface area (Å²) in [7, 11) is 0. The Morgan fingerprint density at radius 3 is 2.83 bits per heavy atom. The van der Waals surface area contributed by atoms with Gasteiger partial charge in [-0.1, -0.05) is 5.16 Å². The van der Waals surface area contributed by atoms with Gasteiger partial charge in [0, 0.05) is 15.1 Å². The van der Waals surface area contributed by atoms with Crippen LogP contribution in [0.5, 0.6) is 0 Å². The van der Waals surface area contributed by atoms with Crippen LogP contribution in [0.2, 0.25) is 0 Å². The third kappa shape index (κ3) is 2.34. The Bertz CT molecular complexity index is 582. The van der Waals surface area contributed by atoms with Crippen molar-refractivity contribution in [3.8, 4) is 11.5 Å². The van der Waals surface area contributed by atoms with Crippen LogP contribution in [-0.2, 0) is 0 Å². The first-order valence-corrected chi connectivity index (χ1v) is 7.14. The Morgan fingerprint density at radius 1 is 1.39 bits per heavy atom. The summed E-state index contributed by atoms with van der Waals surface area (Å²) in [5, 5.41) is 3.93. The van der Waals surface area contributed by atoms with Crippen LogP contribution in [0.25, 0.3) is 11.5 Å². The van der Waals surface area contributed by atoms with Crippen LogP contribution in [0.15, 0.2) is 25.7 Å². The van der Waals surface area contributed by atoms with Crippen LogP contribution in [0.4, 0.5) is 0 Å². The quantitative estimate of drug-likeness (QED) is 0.894. The topological polar surface area (TPSA) is 77.8 Å². The summed E-state index contributed by atoms with van der Waals surface area (Å²) in [6.45, 7) is 0. The van der Waals surface area contributed by atoms with E-state index in [-0.39, 0.29) is 6.04 Å². The molecule has 1 saturated carbocycles. The molecule has 0 aliphatic heterocycles. The highest BCUT2D eigenvalue weighted by molar-refractivity contribution is 9.11. The second-order valence-electron chi connectivity index (χ2n) is 4.30. The Balaban J connectivity index is 1.92. The molecular weight excluding hydrogens is 364 g/mol. The predicted molar refractivity (Wildman–Crippen MR) is 72.6 cm³/mol. The van der Waals surface area contributed by atoms with E-state index >= 15 is 0 Å². The highest BCUT2D eigenvalue weighted by Crippen LogP contribution is 2.39. The SMILES string of the molecule is NC(c1nc(-c2ncc(Br)cc2Br)no1)C1CC1. The van der Waals surface area contributed by atoms with Gasteiger partial charge in [-0.05, 0) is 56.7 Å². The fraction of sp³-hybridized carbons (Fsp3) is 0.364. The van der Waals surface area contributed by atoms with Gasteiger partial charge in [0.2, 0.25) is 11.7 Å². The average Bonchev–Trinajstić information content (AvgIpc) is 3.07.